The van der Waals surface area contributed by atoms with Crippen molar-refractivity contribution < 1.29 is 38.2 Å². The maximum Gasteiger partial charge on any atom is 0.362 e. The van der Waals surface area contributed by atoms with Crippen molar-refractivity contribution >= 4 is 17.9 Å². The van der Waals surface area contributed by atoms with Gasteiger partial charge in [0.25, 0.3) is 0 Å². The molecule has 0 bridgehead atoms. The average Bonchev–Trinajstić information content (AvgIpc) is 2.98. The fourth-order valence-electron chi connectivity index (χ4n) is 4.82. The number of aliphatic carboxylic acids is 1. The van der Waals surface area contributed by atoms with E-state index in [1.54, 1.807) is 0 Å². The molecule has 0 saturated heterocycles. The molecule has 2 unspecified atom stereocenters. The molecule has 260 valence electrons. The summed E-state index contributed by atoms with van der Waals surface area (Å²) >= 11 is 0. The van der Waals surface area contributed by atoms with Crippen LogP contribution in [0.2, 0.25) is 0 Å². The lowest BCUT2D eigenvalue weighted by atomic mass is 10.1. The Labute approximate surface area is 274 Å². The molecule has 8 nitrogen and oxygen atoms in total. The van der Waals surface area contributed by atoms with Gasteiger partial charge in [-0.05, 0) is 38.5 Å². The summed E-state index contributed by atoms with van der Waals surface area (Å²) in [5, 5.41) is 9.55. The van der Waals surface area contributed by atoms with E-state index < -0.39 is 18.1 Å². The number of hydrogen-bond donors (Lipinski definition) is 1. The molecule has 0 aromatic carbocycles. The highest BCUT2D eigenvalue weighted by Gasteiger charge is 2.31. The number of carbonyl (C=O) groups excluding carboxylic acids is 2. The van der Waals surface area contributed by atoms with Crippen molar-refractivity contribution in [3.05, 3.63) is 36.5 Å². The minimum Gasteiger partial charge on any atom is -0.477 e. The van der Waals surface area contributed by atoms with Crippen molar-refractivity contribution in [2.75, 3.05) is 41.0 Å². The number of quaternary nitrogens is 1. The van der Waals surface area contributed by atoms with Crippen LogP contribution in [0.4, 0.5) is 0 Å². The topological polar surface area (TPSA) is 99.1 Å². The largest absolute Gasteiger partial charge is 0.477 e. The molecule has 0 radical (unpaired) electrons. The number of allylic oxidation sites excluding steroid dienone is 6. The number of likely N-dealkylation sites (N-methyl/N-ethyl adjacent to an activating group) is 1. The molecule has 0 rings (SSSR count). The predicted molar refractivity (Wildman–Crippen MR) is 183 cm³/mol. The van der Waals surface area contributed by atoms with E-state index in [-0.39, 0.29) is 42.7 Å². The van der Waals surface area contributed by atoms with Gasteiger partial charge >= 0.3 is 17.9 Å². The molecule has 0 aliphatic heterocycles. The first-order chi connectivity index (χ1) is 21.6. The standard InChI is InChI=1S/C37H65NO7/c1-6-8-10-12-14-16-18-20-22-24-26-28-36(40)45-33(31-43-30-29-34(37(41)42)38(3,4)5)32-44-35(39)27-25-23-21-19-17-15-13-11-9-7-2/h8,10,14,16,20,22,33-34H,6-7,9,11-13,15,17-19,21,23-32H2,1-5H3/p+1/b10-8+,16-14+,22-20+. The summed E-state index contributed by atoms with van der Waals surface area (Å²) in [6, 6.07) is -0.619. The normalized spacial score (nSPS) is 13.5. The number of carboxylic acid groups (broad SMARTS) is 1. The van der Waals surface area contributed by atoms with Crippen LogP contribution in [0.1, 0.15) is 129 Å². The molecule has 0 aliphatic rings. The van der Waals surface area contributed by atoms with E-state index in [0.29, 0.717) is 19.3 Å². The Bertz CT molecular complexity index is 844. The Morgan fingerprint density at radius 1 is 0.689 bits per heavy atom. The van der Waals surface area contributed by atoms with Crippen molar-refractivity contribution in [2.45, 2.75) is 142 Å². The third kappa shape index (κ3) is 27.6. The SMILES string of the molecule is CC/C=C/C/C=C/C/C=C/CCCC(=O)OC(COCCC(C(=O)O)[N+](C)(C)C)COC(=O)CCCCCCCCCCCC. The van der Waals surface area contributed by atoms with Gasteiger partial charge in [-0.1, -0.05) is 108 Å². The lowest BCUT2D eigenvalue weighted by Crippen LogP contribution is -2.50. The molecule has 2 atom stereocenters. The van der Waals surface area contributed by atoms with Crippen LogP contribution in [0.25, 0.3) is 0 Å². The molecule has 8 heteroatoms. The molecule has 0 amide bonds. The molecule has 45 heavy (non-hydrogen) atoms. The van der Waals surface area contributed by atoms with Gasteiger partial charge in [0.2, 0.25) is 0 Å². The maximum atomic E-state index is 12.6. The van der Waals surface area contributed by atoms with Gasteiger partial charge in [-0.25, -0.2) is 4.79 Å². The number of carbonyl (C=O) groups is 3. The van der Waals surface area contributed by atoms with Gasteiger partial charge in [-0.15, -0.1) is 0 Å². The first-order valence-corrected chi connectivity index (χ1v) is 17.5. The second kappa shape index (κ2) is 29.0. The van der Waals surface area contributed by atoms with Gasteiger partial charge in [0, 0.05) is 19.3 Å². The molecule has 0 aromatic heterocycles. The minimum absolute atomic E-state index is 0.0421. The molecular weight excluding hydrogens is 570 g/mol. The smallest absolute Gasteiger partial charge is 0.362 e. The summed E-state index contributed by atoms with van der Waals surface area (Å²) in [6.07, 6.45) is 29.2. The average molecular weight is 637 g/mol. The molecule has 0 aromatic rings. The fraction of sp³-hybridized carbons (Fsp3) is 0.757. The summed E-state index contributed by atoms with van der Waals surface area (Å²) in [7, 11) is 5.49. The van der Waals surface area contributed by atoms with E-state index in [4.69, 9.17) is 14.2 Å². The molecule has 0 aliphatic carbocycles. The Hall–Kier alpha value is -2.45. The van der Waals surface area contributed by atoms with Gasteiger partial charge in [-0.2, -0.15) is 0 Å². The third-order valence-corrected chi connectivity index (χ3v) is 7.55. The quantitative estimate of drug-likeness (QED) is 0.0366. The number of rotatable bonds is 30. The van der Waals surface area contributed by atoms with Gasteiger partial charge in [-0.3, -0.25) is 9.59 Å². The van der Waals surface area contributed by atoms with E-state index in [0.717, 1.165) is 44.9 Å². The minimum atomic E-state index is -0.885. The number of carboxylic acids is 1. The van der Waals surface area contributed by atoms with Gasteiger partial charge in [0.1, 0.15) is 6.61 Å². The summed E-state index contributed by atoms with van der Waals surface area (Å²) in [5.41, 5.74) is 0. The van der Waals surface area contributed by atoms with Crippen molar-refractivity contribution in [2.24, 2.45) is 0 Å². The van der Waals surface area contributed by atoms with Crippen molar-refractivity contribution in [1.82, 2.24) is 0 Å². The predicted octanol–water partition coefficient (Wildman–Crippen LogP) is 8.35. The van der Waals surface area contributed by atoms with Crippen molar-refractivity contribution in [1.29, 1.82) is 0 Å². The number of ether oxygens (including phenoxy) is 3. The maximum absolute atomic E-state index is 12.6. The monoisotopic (exact) mass is 636 g/mol. The third-order valence-electron chi connectivity index (χ3n) is 7.55. The van der Waals surface area contributed by atoms with Crippen LogP contribution in [0.3, 0.4) is 0 Å². The highest BCUT2D eigenvalue weighted by atomic mass is 16.6. The van der Waals surface area contributed by atoms with Crippen LogP contribution in [-0.2, 0) is 28.6 Å². The number of nitrogens with zero attached hydrogens (tertiary/aromatic N) is 1. The van der Waals surface area contributed by atoms with Crippen LogP contribution >= 0.6 is 0 Å². The van der Waals surface area contributed by atoms with E-state index >= 15 is 0 Å². The van der Waals surface area contributed by atoms with Crippen molar-refractivity contribution in [3.63, 3.8) is 0 Å². The van der Waals surface area contributed by atoms with Crippen molar-refractivity contribution in [3.8, 4) is 0 Å². The summed E-state index contributed by atoms with van der Waals surface area (Å²) in [5.74, 6) is -1.54. The zero-order chi connectivity index (χ0) is 33.6. The van der Waals surface area contributed by atoms with Crippen LogP contribution in [-0.4, -0.2) is 80.6 Å². The van der Waals surface area contributed by atoms with E-state index in [1.165, 1.54) is 44.9 Å². The number of esters is 2. The molecule has 0 heterocycles. The first-order valence-electron chi connectivity index (χ1n) is 17.5. The van der Waals surface area contributed by atoms with Gasteiger partial charge in [0.15, 0.2) is 12.1 Å². The van der Waals surface area contributed by atoms with Crippen LogP contribution < -0.4 is 0 Å². The Kier molecular flexibility index (Phi) is 27.4. The first kappa shape index (κ1) is 42.6. The highest BCUT2D eigenvalue weighted by molar-refractivity contribution is 5.72. The Balaban J connectivity index is 4.56. The van der Waals surface area contributed by atoms with Crippen LogP contribution in [0.5, 0.6) is 0 Å². The Morgan fingerprint density at radius 3 is 1.82 bits per heavy atom. The molecular formula is C37H66NO7+. The fourth-order valence-corrected chi connectivity index (χ4v) is 4.82. The Morgan fingerprint density at radius 2 is 1.24 bits per heavy atom. The van der Waals surface area contributed by atoms with E-state index in [2.05, 4.69) is 50.3 Å². The zero-order valence-corrected chi connectivity index (χ0v) is 29.3. The number of unbranched alkanes of at least 4 members (excludes halogenated alkanes) is 10. The lowest BCUT2D eigenvalue weighted by molar-refractivity contribution is -0.887. The highest BCUT2D eigenvalue weighted by Crippen LogP contribution is 2.13. The van der Waals surface area contributed by atoms with E-state index in [1.807, 2.05) is 21.1 Å². The van der Waals surface area contributed by atoms with Crippen LogP contribution in [0, 0.1) is 0 Å². The second-order valence-electron chi connectivity index (χ2n) is 12.7. The van der Waals surface area contributed by atoms with Crippen LogP contribution in [0.15, 0.2) is 36.5 Å². The molecule has 0 fully saturated rings. The molecule has 0 saturated carbocycles. The molecule has 0 spiro atoms. The summed E-state index contributed by atoms with van der Waals surface area (Å²) in [4.78, 5) is 36.6. The lowest BCUT2D eigenvalue weighted by Gasteiger charge is -2.31. The second-order valence-corrected chi connectivity index (χ2v) is 12.7. The van der Waals surface area contributed by atoms with Gasteiger partial charge < -0.3 is 23.8 Å². The van der Waals surface area contributed by atoms with E-state index in [9.17, 15) is 19.5 Å². The molecule has 1 N–H and O–H groups in total. The van der Waals surface area contributed by atoms with Gasteiger partial charge in [0.05, 0.1) is 34.4 Å². The summed E-state index contributed by atoms with van der Waals surface area (Å²) in [6.45, 7) is 4.52. The summed E-state index contributed by atoms with van der Waals surface area (Å²) < 4.78 is 17.1. The zero-order valence-electron chi connectivity index (χ0n) is 29.3. The number of hydrogen-bond acceptors (Lipinski definition) is 6.